The van der Waals surface area contributed by atoms with E-state index in [0.717, 1.165) is 29.9 Å². The van der Waals surface area contributed by atoms with Crippen LogP contribution in [0, 0.1) is 5.92 Å². The average molecular weight is 239 g/mol. The van der Waals surface area contributed by atoms with Crippen molar-refractivity contribution in [2.75, 3.05) is 6.54 Å². The minimum atomic E-state index is 0.718. The maximum absolute atomic E-state index is 6.12. The summed E-state index contributed by atoms with van der Waals surface area (Å²) in [6, 6.07) is 2.76. The molecule has 16 heavy (non-hydrogen) atoms. The molecule has 2 nitrogen and oxygen atoms in total. The second-order valence-electron chi connectivity index (χ2n) is 4.60. The highest BCUT2D eigenvalue weighted by Gasteiger charge is 2.24. The first-order chi connectivity index (χ1) is 7.79. The Morgan fingerprint density at radius 1 is 1.50 bits per heavy atom. The van der Waals surface area contributed by atoms with Gasteiger partial charge in [0.25, 0.3) is 0 Å². The second-order valence-corrected chi connectivity index (χ2v) is 5.01. The molecule has 0 saturated heterocycles. The number of nitrogens with zero attached hydrogens (tertiary/aromatic N) is 1. The molecule has 3 heteroatoms. The summed E-state index contributed by atoms with van der Waals surface area (Å²) in [7, 11) is 0. The molecule has 1 aromatic rings. The average Bonchev–Trinajstić information content (AvgIpc) is 2.70. The summed E-state index contributed by atoms with van der Waals surface area (Å²) in [6.07, 6.45) is 8.58. The minimum Gasteiger partial charge on any atom is -0.314 e. The van der Waals surface area contributed by atoms with Gasteiger partial charge in [0, 0.05) is 18.4 Å². The first-order valence-corrected chi connectivity index (χ1v) is 6.49. The molecule has 1 aliphatic rings. The van der Waals surface area contributed by atoms with Crippen LogP contribution >= 0.6 is 11.6 Å². The van der Waals surface area contributed by atoms with Crippen molar-refractivity contribution in [3.8, 4) is 0 Å². The van der Waals surface area contributed by atoms with Gasteiger partial charge in [0.1, 0.15) is 0 Å². The van der Waals surface area contributed by atoms with Crippen LogP contribution in [0.15, 0.2) is 18.5 Å². The van der Waals surface area contributed by atoms with Gasteiger partial charge in [-0.2, -0.15) is 0 Å². The zero-order valence-electron chi connectivity index (χ0n) is 9.75. The lowest BCUT2D eigenvalue weighted by molar-refractivity contribution is 0.493. The van der Waals surface area contributed by atoms with E-state index in [1.165, 1.54) is 24.8 Å². The molecular weight excluding hydrogens is 220 g/mol. The Balaban J connectivity index is 1.90. The van der Waals surface area contributed by atoms with E-state index in [4.69, 9.17) is 11.6 Å². The van der Waals surface area contributed by atoms with Crippen molar-refractivity contribution in [3.63, 3.8) is 0 Å². The number of rotatable bonds is 4. The van der Waals surface area contributed by atoms with Crippen molar-refractivity contribution in [2.24, 2.45) is 5.92 Å². The Morgan fingerprint density at radius 3 is 3.12 bits per heavy atom. The fourth-order valence-corrected chi connectivity index (χ4v) is 2.81. The summed E-state index contributed by atoms with van der Waals surface area (Å²) >= 11 is 6.12. The van der Waals surface area contributed by atoms with Gasteiger partial charge in [0.15, 0.2) is 0 Å². The van der Waals surface area contributed by atoms with Gasteiger partial charge in [-0.25, -0.2) is 0 Å². The molecule has 1 saturated carbocycles. The molecule has 0 aromatic carbocycles. The molecule has 1 N–H and O–H groups in total. The van der Waals surface area contributed by atoms with Crippen LogP contribution in [-0.2, 0) is 6.42 Å². The van der Waals surface area contributed by atoms with Gasteiger partial charge in [-0.05, 0) is 49.8 Å². The molecule has 2 rings (SSSR count). The zero-order chi connectivity index (χ0) is 11.4. The van der Waals surface area contributed by atoms with Crippen LogP contribution in [0.4, 0.5) is 0 Å². The Bertz CT molecular complexity index is 340. The summed E-state index contributed by atoms with van der Waals surface area (Å²) in [6.45, 7) is 3.25. The van der Waals surface area contributed by atoms with Gasteiger partial charge >= 0.3 is 0 Å². The molecule has 1 aliphatic carbocycles. The van der Waals surface area contributed by atoms with Crippen molar-refractivity contribution in [1.29, 1.82) is 0 Å². The molecular formula is C13H19ClN2. The van der Waals surface area contributed by atoms with E-state index in [2.05, 4.69) is 17.2 Å². The minimum absolute atomic E-state index is 0.718. The summed E-state index contributed by atoms with van der Waals surface area (Å²) in [5.74, 6) is 0.781. The number of pyridine rings is 1. The van der Waals surface area contributed by atoms with E-state index in [1.807, 2.05) is 12.3 Å². The number of halogens is 1. The van der Waals surface area contributed by atoms with Crippen molar-refractivity contribution in [3.05, 3.63) is 29.0 Å². The molecule has 1 fully saturated rings. The van der Waals surface area contributed by atoms with Crippen molar-refractivity contribution >= 4 is 11.6 Å². The lowest BCUT2D eigenvalue weighted by atomic mass is 9.98. The topological polar surface area (TPSA) is 24.9 Å². The third-order valence-corrected chi connectivity index (χ3v) is 3.74. The molecule has 0 amide bonds. The maximum atomic E-state index is 6.12. The molecule has 2 unspecified atom stereocenters. The molecule has 1 heterocycles. The van der Waals surface area contributed by atoms with Crippen molar-refractivity contribution in [1.82, 2.24) is 10.3 Å². The summed E-state index contributed by atoms with van der Waals surface area (Å²) in [4.78, 5) is 4.02. The van der Waals surface area contributed by atoms with Gasteiger partial charge in [-0.15, -0.1) is 0 Å². The third kappa shape index (κ3) is 2.96. The SMILES string of the molecule is CCNC1CCC(Cc2ccncc2Cl)C1. The van der Waals surface area contributed by atoms with E-state index < -0.39 is 0 Å². The monoisotopic (exact) mass is 238 g/mol. The highest BCUT2D eigenvalue weighted by molar-refractivity contribution is 6.31. The maximum Gasteiger partial charge on any atom is 0.0621 e. The predicted octanol–water partition coefficient (Wildman–Crippen LogP) is 3.06. The highest BCUT2D eigenvalue weighted by atomic mass is 35.5. The molecule has 0 aliphatic heterocycles. The van der Waals surface area contributed by atoms with Crippen LogP contribution in [0.25, 0.3) is 0 Å². The van der Waals surface area contributed by atoms with Crippen LogP contribution < -0.4 is 5.32 Å². The van der Waals surface area contributed by atoms with E-state index in [9.17, 15) is 0 Å². The Hall–Kier alpha value is -0.600. The van der Waals surface area contributed by atoms with E-state index in [-0.39, 0.29) is 0 Å². The number of hydrogen-bond acceptors (Lipinski definition) is 2. The Kier molecular flexibility index (Phi) is 4.19. The van der Waals surface area contributed by atoms with Gasteiger partial charge in [-0.1, -0.05) is 18.5 Å². The van der Waals surface area contributed by atoms with Gasteiger partial charge in [0.05, 0.1) is 5.02 Å². The van der Waals surface area contributed by atoms with Gasteiger partial charge < -0.3 is 5.32 Å². The first kappa shape index (κ1) is 11.9. The van der Waals surface area contributed by atoms with E-state index in [1.54, 1.807) is 6.20 Å². The molecule has 2 atom stereocenters. The highest BCUT2D eigenvalue weighted by Crippen LogP contribution is 2.30. The molecule has 0 bridgehead atoms. The molecule has 1 aromatic heterocycles. The number of hydrogen-bond donors (Lipinski definition) is 1. The third-order valence-electron chi connectivity index (χ3n) is 3.40. The number of aromatic nitrogens is 1. The zero-order valence-corrected chi connectivity index (χ0v) is 10.5. The smallest absolute Gasteiger partial charge is 0.0621 e. The first-order valence-electron chi connectivity index (χ1n) is 6.11. The van der Waals surface area contributed by atoms with Gasteiger partial charge in [0.2, 0.25) is 0 Å². The van der Waals surface area contributed by atoms with Crippen LogP contribution in [0.2, 0.25) is 5.02 Å². The summed E-state index contributed by atoms with van der Waals surface area (Å²) < 4.78 is 0. The summed E-state index contributed by atoms with van der Waals surface area (Å²) in [5, 5.41) is 4.34. The molecule has 0 spiro atoms. The lowest BCUT2D eigenvalue weighted by Gasteiger charge is -2.12. The summed E-state index contributed by atoms with van der Waals surface area (Å²) in [5.41, 5.74) is 1.25. The second kappa shape index (κ2) is 5.65. The van der Waals surface area contributed by atoms with Crippen LogP contribution in [0.3, 0.4) is 0 Å². The van der Waals surface area contributed by atoms with Crippen LogP contribution in [0.5, 0.6) is 0 Å². The van der Waals surface area contributed by atoms with Crippen LogP contribution in [0.1, 0.15) is 31.7 Å². The van der Waals surface area contributed by atoms with Gasteiger partial charge in [-0.3, -0.25) is 4.98 Å². The normalized spacial score (nSPS) is 24.9. The quantitative estimate of drug-likeness (QED) is 0.872. The van der Waals surface area contributed by atoms with Crippen molar-refractivity contribution < 1.29 is 0 Å². The number of nitrogens with one attached hydrogen (secondary N) is 1. The fraction of sp³-hybridized carbons (Fsp3) is 0.615. The standard InChI is InChI=1S/C13H19ClN2/c1-2-16-12-4-3-10(8-12)7-11-5-6-15-9-13(11)14/h5-6,9-10,12,16H,2-4,7-8H2,1H3. The fourth-order valence-electron chi connectivity index (χ4n) is 2.61. The molecule has 88 valence electrons. The Morgan fingerprint density at radius 2 is 2.38 bits per heavy atom. The van der Waals surface area contributed by atoms with E-state index >= 15 is 0 Å². The largest absolute Gasteiger partial charge is 0.314 e. The molecule has 0 radical (unpaired) electrons. The lowest BCUT2D eigenvalue weighted by Crippen LogP contribution is -2.25. The van der Waals surface area contributed by atoms with E-state index in [0.29, 0.717) is 0 Å². The van der Waals surface area contributed by atoms with Crippen molar-refractivity contribution in [2.45, 2.75) is 38.6 Å². The predicted molar refractivity (Wildman–Crippen MR) is 67.8 cm³/mol. The van der Waals surface area contributed by atoms with Crippen LogP contribution in [-0.4, -0.2) is 17.6 Å². The Labute approximate surface area is 102 Å².